The minimum Gasteiger partial charge on any atom is -0.444 e. The fraction of sp³-hybridized carbons (Fsp3) is 0.440. The van der Waals surface area contributed by atoms with Gasteiger partial charge in [-0.2, -0.15) is 0 Å². The van der Waals surface area contributed by atoms with Crippen molar-refractivity contribution in [1.82, 2.24) is 14.8 Å². The van der Waals surface area contributed by atoms with Crippen LogP contribution in [0, 0.1) is 0 Å². The second-order valence-electron chi connectivity index (χ2n) is 9.17. The lowest BCUT2D eigenvalue weighted by Crippen LogP contribution is -2.39. The quantitative estimate of drug-likeness (QED) is 0.602. The SMILES string of the molecule is CC(C)(C)OC(=O)N1CCCN(Cc2ccc3oc(Cc4ccccc4)nc3c2)CC1. The van der Waals surface area contributed by atoms with Crippen LogP contribution in [0.15, 0.2) is 52.9 Å². The van der Waals surface area contributed by atoms with E-state index in [2.05, 4.69) is 29.2 Å². The Bertz CT molecular complexity index is 1020. The first-order valence-electron chi connectivity index (χ1n) is 11.0. The standard InChI is InChI=1S/C25H31N3O3/c1-25(2,3)31-24(29)28-13-7-12-27(14-15-28)18-20-10-11-22-21(16-20)26-23(30-22)17-19-8-5-4-6-9-19/h4-6,8-11,16H,7,12-15,17-18H2,1-3H3. The lowest BCUT2D eigenvalue weighted by atomic mass is 10.1. The van der Waals surface area contributed by atoms with Gasteiger partial charge in [0.1, 0.15) is 11.1 Å². The van der Waals surface area contributed by atoms with Gasteiger partial charge in [0.15, 0.2) is 11.5 Å². The highest BCUT2D eigenvalue weighted by Crippen LogP contribution is 2.21. The van der Waals surface area contributed by atoms with Crippen LogP contribution < -0.4 is 0 Å². The number of carbonyl (C=O) groups is 1. The largest absolute Gasteiger partial charge is 0.444 e. The molecular weight excluding hydrogens is 390 g/mol. The summed E-state index contributed by atoms with van der Waals surface area (Å²) in [6.07, 6.45) is 1.41. The summed E-state index contributed by atoms with van der Waals surface area (Å²) in [6.45, 7) is 9.74. The first-order chi connectivity index (χ1) is 14.9. The summed E-state index contributed by atoms with van der Waals surface area (Å²) in [4.78, 5) is 21.3. The number of aromatic nitrogens is 1. The van der Waals surface area contributed by atoms with Crippen LogP contribution in [0.3, 0.4) is 0 Å². The predicted octanol–water partition coefficient (Wildman–Crippen LogP) is 4.86. The Balaban J connectivity index is 1.37. The predicted molar refractivity (Wildman–Crippen MR) is 121 cm³/mol. The number of amides is 1. The van der Waals surface area contributed by atoms with Gasteiger partial charge in [0.05, 0.1) is 0 Å². The molecule has 1 fully saturated rings. The van der Waals surface area contributed by atoms with Crippen molar-refractivity contribution in [2.24, 2.45) is 0 Å². The molecule has 31 heavy (non-hydrogen) atoms. The Labute approximate surface area is 183 Å². The Morgan fingerprint density at radius 3 is 2.61 bits per heavy atom. The Morgan fingerprint density at radius 1 is 1.03 bits per heavy atom. The molecule has 0 N–H and O–H groups in total. The van der Waals surface area contributed by atoms with Crippen molar-refractivity contribution < 1.29 is 13.9 Å². The van der Waals surface area contributed by atoms with E-state index in [9.17, 15) is 4.79 Å². The minimum absolute atomic E-state index is 0.218. The van der Waals surface area contributed by atoms with Crippen LogP contribution in [0.25, 0.3) is 11.1 Å². The number of fused-ring (bicyclic) bond motifs is 1. The molecule has 6 heteroatoms. The van der Waals surface area contributed by atoms with Gasteiger partial charge in [0.25, 0.3) is 0 Å². The zero-order valence-corrected chi connectivity index (χ0v) is 18.6. The van der Waals surface area contributed by atoms with E-state index in [0.717, 1.165) is 49.6 Å². The molecule has 0 bridgehead atoms. The monoisotopic (exact) mass is 421 g/mol. The maximum absolute atomic E-state index is 12.4. The fourth-order valence-electron chi connectivity index (χ4n) is 3.86. The van der Waals surface area contributed by atoms with E-state index in [1.807, 2.05) is 49.9 Å². The highest BCUT2D eigenvalue weighted by atomic mass is 16.6. The summed E-state index contributed by atoms with van der Waals surface area (Å²) in [7, 11) is 0. The van der Waals surface area contributed by atoms with Crippen LogP contribution in [0.4, 0.5) is 4.79 Å². The number of rotatable bonds is 4. The molecule has 4 rings (SSSR count). The van der Waals surface area contributed by atoms with Crippen LogP contribution in [-0.4, -0.2) is 52.7 Å². The molecular formula is C25H31N3O3. The van der Waals surface area contributed by atoms with E-state index >= 15 is 0 Å². The molecule has 1 aliphatic heterocycles. The van der Waals surface area contributed by atoms with Gasteiger partial charge in [0, 0.05) is 39.1 Å². The molecule has 0 spiro atoms. The first kappa shape index (κ1) is 21.4. The lowest BCUT2D eigenvalue weighted by molar-refractivity contribution is 0.0257. The van der Waals surface area contributed by atoms with Gasteiger partial charge in [-0.05, 0) is 50.5 Å². The summed E-state index contributed by atoms with van der Waals surface area (Å²) < 4.78 is 11.5. The molecule has 3 aromatic rings. The van der Waals surface area contributed by atoms with E-state index in [0.29, 0.717) is 13.0 Å². The second kappa shape index (κ2) is 9.10. The van der Waals surface area contributed by atoms with Gasteiger partial charge in [-0.15, -0.1) is 0 Å². The van der Waals surface area contributed by atoms with E-state index < -0.39 is 5.60 Å². The molecule has 0 aliphatic carbocycles. The second-order valence-corrected chi connectivity index (χ2v) is 9.17. The van der Waals surface area contributed by atoms with Crippen molar-refractivity contribution in [3.63, 3.8) is 0 Å². The highest BCUT2D eigenvalue weighted by molar-refractivity contribution is 5.73. The van der Waals surface area contributed by atoms with Crippen LogP contribution in [0.5, 0.6) is 0 Å². The molecule has 1 saturated heterocycles. The van der Waals surface area contributed by atoms with Gasteiger partial charge in [-0.3, -0.25) is 4.90 Å². The topological polar surface area (TPSA) is 58.8 Å². The maximum atomic E-state index is 12.4. The van der Waals surface area contributed by atoms with Crippen molar-refractivity contribution in [3.05, 3.63) is 65.5 Å². The zero-order chi connectivity index (χ0) is 21.8. The van der Waals surface area contributed by atoms with Crippen LogP contribution in [0.2, 0.25) is 0 Å². The summed E-state index contributed by atoms with van der Waals surface area (Å²) in [5.41, 5.74) is 3.65. The number of ether oxygens (including phenoxy) is 1. The molecule has 164 valence electrons. The third-order valence-corrected chi connectivity index (χ3v) is 5.34. The van der Waals surface area contributed by atoms with Gasteiger partial charge in [-0.25, -0.2) is 9.78 Å². The van der Waals surface area contributed by atoms with Gasteiger partial charge >= 0.3 is 6.09 Å². The first-order valence-corrected chi connectivity index (χ1v) is 11.0. The molecule has 1 amide bonds. The molecule has 0 unspecified atom stereocenters. The Kier molecular flexibility index (Phi) is 6.28. The molecule has 0 saturated carbocycles. The van der Waals surface area contributed by atoms with Crippen molar-refractivity contribution in [3.8, 4) is 0 Å². The normalized spacial score (nSPS) is 15.8. The van der Waals surface area contributed by atoms with E-state index in [1.54, 1.807) is 0 Å². The van der Waals surface area contributed by atoms with Crippen molar-refractivity contribution >= 4 is 17.2 Å². The minimum atomic E-state index is -0.463. The van der Waals surface area contributed by atoms with E-state index in [-0.39, 0.29) is 6.09 Å². The molecule has 6 nitrogen and oxygen atoms in total. The van der Waals surface area contributed by atoms with Gasteiger partial charge < -0.3 is 14.1 Å². The summed E-state index contributed by atoms with van der Waals surface area (Å²) in [5.74, 6) is 0.737. The van der Waals surface area contributed by atoms with Crippen LogP contribution >= 0.6 is 0 Å². The summed E-state index contributed by atoms with van der Waals surface area (Å²) >= 11 is 0. The number of nitrogens with zero attached hydrogens (tertiary/aromatic N) is 3. The van der Waals surface area contributed by atoms with Crippen molar-refractivity contribution in [2.45, 2.75) is 45.8 Å². The molecule has 1 aromatic heterocycles. The molecule has 0 radical (unpaired) electrons. The molecule has 2 aromatic carbocycles. The molecule has 1 aliphatic rings. The average Bonchev–Trinajstić information content (AvgIpc) is 2.95. The zero-order valence-electron chi connectivity index (χ0n) is 18.6. The van der Waals surface area contributed by atoms with Crippen LogP contribution in [0.1, 0.15) is 44.2 Å². The van der Waals surface area contributed by atoms with Crippen molar-refractivity contribution in [1.29, 1.82) is 0 Å². The van der Waals surface area contributed by atoms with Gasteiger partial charge in [0.2, 0.25) is 0 Å². The number of carbonyl (C=O) groups excluding carboxylic acids is 1. The summed E-state index contributed by atoms with van der Waals surface area (Å²) in [6, 6.07) is 16.5. The van der Waals surface area contributed by atoms with Gasteiger partial charge in [-0.1, -0.05) is 36.4 Å². The Hall–Kier alpha value is -2.86. The Morgan fingerprint density at radius 2 is 1.84 bits per heavy atom. The van der Waals surface area contributed by atoms with Crippen LogP contribution in [-0.2, 0) is 17.7 Å². The number of oxazole rings is 1. The average molecular weight is 422 g/mol. The van der Waals surface area contributed by atoms with Crippen molar-refractivity contribution in [2.75, 3.05) is 26.2 Å². The smallest absolute Gasteiger partial charge is 0.410 e. The van der Waals surface area contributed by atoms with E-state index in [4.69, 9.17) is 14.1 Å². The fourth-order valence-corrected chi connectivity index (χ4v) is 3.86. The van der Waals surface area contributed by atoms with E-state index in [1.165, 1.54) is 11.1 Å². The third-order valence-electron chi connectivity index (χ3n) is 5.34. The lowest BCUT2D eigenvalue weighted by Gasteiger charge is -2.26. The number of hydrogen-bond donors (Lipinski definition) is 0. The number of benzene rings is 2. The highest BCUT2D eigenvalue weighted by Gasteiger charge is 2.24. The summed E-state index contributed by atoms with van der Waals surface area (Å²) in [5, 5.41) is 0. The molecule has 2 heterocycles. The third kappa shape index (κ3) is 5.85. The number of hydrogen-bond acceptors (Lipinski definition) is 5. The molecule has 0 atom stereocenters. The maximum Gasteiger partial charge on any atom is 0.410 e.